The van der Waals surface area contributed by atoms with Gasteiger partial charge in [-0.2, -0.15) is 0 Å². The number of aromatic nitrogens is 1. The number of amides is 2. The zero-order chi connectivity index (χ0) is 19.1. The van der Waals surface area contributed by atoms with Crippen LogP contribution in [0.2, 0.25) is 5.02 Å². The first-order valence-electron chi connectivity index (χ1n) is 8.56. The van der Waals surface area contributed by atoms with Crippen LogP contribution in [-0.2, 0) is 7.05 Å². The van der Waals surface area contributed by atoms with Crippen molar-refractivity contribution in [2.45, 2.75) is 12.5 Å². The molecule has 0 bridgehead atoms. The Morgan fingerprint density at radius 3 is 2.81 bits per heavy atom. The van der Waals surface area contributed by atoms with E-state index in [0.29, 0.717) is 35.1 Å². The van der Waals surface area contributed by atoms with Gasteiger partial charge >= 0.3 is 0 Å². The summed E-state index contributed by atoms with van der Waals surface area (Å²) in [6.45, 7) is 0.449. The van der Waals surface area contributed by atoms with Crippen LogP contribution in [0.3, 0.4) is 0 Å². The molecule has 0 spiro atoms. The van der Waals surface area contributed by atoms with Gasteiger partial charge in [0.25, 0.3) is 5.91 Å². The van der Waals surface area contributed by atoms with Crippen molar-refractivity contribution in [1.29, 1.82) is 0 Å². The molecule has 0 fully saturated rings. The molecule has 1 atom stereocenters. The van der Waals surface area contributed by atoms with Gasteiger partial charge in [-0.05, 0) is 36.4 Å². The van der Waals surface area contributed by atoms with Crippen molar-refractivity contribution in [3.8, 4) is 5.75 Å². The van der Waals surface area contributed by atoms with Crippen LogP contribution in [-0.4, -0.2) is 23.0 Å². The highest BCUT2D eigenvalue weighted by molar-refractivity contribution is 6.31. The van der Waals surface area contributed by atoms with Crippen LogP contribution in [0.15, 0.2) is 42.5 Å². The maximum atomic E-state index is 12.9. The third kappa shape index (κ3) is 3.13. The Labute approximate surface area is 160 Å². The van der Waals surface area contributed by atoms with Crippen LogP contribution < -0.4 is 15.8 Å². The lowest BCUT2D eigenvalue weighted by atomic mass is 9.98. The Morgan fingerprint density at radius 2 is 2.04 bits per heavy atom. The minimum Gasteiger partial charge on any atom is -0.493 e. The number of halogens is 1. The van der Waals surface area contributed by atoms with Gasteiger partial charge in [0.05, 0.1) is 12.6 Å². The van der Waals surface area contributed by atoms with Crippen molar-refractivity contribution < 1.29 is 14.3 Å². The van der Waals surface area contributed by atoms with Gasteiger partial charge in [0.15, 0.2) is 0 Å². The average molecular weight is 384 g/mol. The van der Waals surface area contributed by atoms with Crippen molar-refractivity contribution in [3.05, 3.63) is 64.3 Å². The summed E-state index contributed by atoms with van der Waals surface area (Å²) in [5.74, 6) is -0.116. The standard InChI is InChI=1S/C20H18ClN3O3/c1-24-16-5-3-13(21)8-12(16)9-17(24)20(26)23-15-6-7-27-18-10-11(19(22)25)2-4-14(15)18/h2-5,8-10,15H,6-7H2,1H3,(H2,22,25)(H,23,26)/t15-/m1/s1. The molecule has 138 valence electrons. The molecule has 0 unspecified atom stereocenters. The number of hydrogen-bond acceptors (Lipinski definition) is 3. The number of rotatable bonds is 3. The normalized spacial score (nSPS) is 15.9. The molecule has 0 saturated heterocycles. The summed E-state index contributed by atoms with van der Waals surface area (Å²) < 4.78 is 7.48. The van der Waals surface area contributed by atoms with Crippen molar-refractivity contribution in [2.24, 2.45) is 12.8 Å². The van der Waals surface area contributed by atoms with E-state index in [9.17, 15) is 9.59 Å². The molecule has 7 heteroatoms. The summed E-state index contributed by atoms with van der Waals surface area (Å²) in [5.41, 5.74) is 8.02. The third-order valence-electron chi connectivity index (χ3n) is 4.88. The van der Waals surface area contributed by atoms with Crippen LogP contribution in [0, 0.1) is 0 Å². The number of aryl methyl sites for hydroxylation is 1. The SMILES string of the molecule is Cn1c(C(=O)N[C@@H]2CCOc3cc(C(N)=O)ccc32)cc2cc(Cl)ccc21. The second-order valence-electron chi connectivity index (χ2n) is 6.57. The molecule has 2 amide bonds. The highest BCUT2D eigenvalue weighted by Crippen LogP contribution is 2.33. The summed E-state index contributed by atoms with van der Waals surface area (Å²) in [4.78, 5) is 24.3. The zero-order valence-electron chi connectivity index (χ0n) is 14.7. The molecule has 2 heterocycles. The Balaban J connectivity index is 1.63. The minimum absolute atomic E-state index is 0.179. The summed E-state index contributed by atoms with van der Waals surface area (Å²) in [6, 6.07) is 12.2. The van der Waals surface area contributed by atoms with Crippen LogP contribution >= 0.6 is 11.6 Å². The van der Waals surface area contributed by atoms with Crippen molar-refractivity contribution in [3.63, 3.8) is 0 Å². The van der Waals surface area contributed by atoms with E-state index in [-0.39, 0.29) is 11.9 Å². The summed E-state index contributed by atoms with van der Waals surface area (Å²) in [7, 11) is 1.85. The van der Waals surface area contributed by atoms with Gasteiger partial charge in [-0.15, -0.1) is 0 Å². The van der Waals surface area contributed by atoms with Crippen molar-refractivity contribution in [2.75, 3.05) is 6.61 Å². The van der Waals surface area contributed by atoms with E-state index in [2.05, 4.69) is 5.32 Å². The molecule has 0 radical (unpaired) electrons. The second-order valence-corrected chi connectivity index (χ2v) is 7.01. The van der Waals surface area contributed by atoms with E-state index in [1.54, 1.807) is 24.3 Å². The summed E-state index contributed by atoms with van der Waals surface area (Å²) in [5, 5.41) is 4.61. The maximum absolute atomic E-state index is 12.9. The fourth-order valence-electron chi connectivity index (χ4n) is 3.46. The van der Waals surface area contributed by atoms with Crippen LogP contribution in [0.5, 0.6) is 5.75 Å². The Hall–Kier alpha value is -2.99. The molecule has 0 aliphatic carbocycles. The molecule has 4 rings (SSSR count). The number of nitrogens with zero attached hydrogens (tertiary/aromatic N) is 1. The predicted octanol–water partition coefficient (Wildman–Crippen LogP) is 3.18. The lowest BCUT2D eigenvalue weighted by Crippen LogP contribution is -2.33. The number of fused-ring (bicyclic) bond motifs is 2. The van der Waals surface area contributed by atoms with E-state index in [0.717, 1.165) is 16.5 Å². The minimum atomic E-state index is -0.512. The predicted molar refractivity (Wildman–Crippen MR) is 103 cm³/mol. The van der Waals surface area contributed by atoms with Crippen LogP contribution in [0.4, 0.5) is 0 Å². The number of nitrogens with two attached hydrogens (primary N) is 1. The lowest BCUT2D eigenvalue weighted by molar-refractivity contribution is 0.0915. The lowest BCUT2D eigenvalue weighted by Gasteiger charge is -2.27. The molecular weight excluding hydrogens is 366 g/mol. The maximum Gasteiger partial charge on any atom is 0.268 e. The van der Waals surface area contributed by atoms with Gasteiger partial charge in [0.1, 0.15) is 11.4 Å². The first-order chi connectivity index (χ1) is 12.9. The van der Waals surface area contributed by atoms with E-state index in [4.69, 9.17) is 22.1 Å². The molecule has 3 N–H and O–H groups in total. The van der Waals surface area contributed by atoms with Crippen molar-refractivity contribution in [1.82, 2.24) is 9.88 Å². The van der Waals surface area contributed by atoms with Gasteiger partial charge in [0, 0.05) is 40.5 Å². The Kier molecular flexibility index (Phi) is 4.28. The number of nitrogens with one attached hydrogen (secondary N) is 1. The number of benzene rings is 2. The topological polar surface area (TPSA) is 86.3 Å². The van der Waals surface area contributed by atoms with Gasteiger partial charge in [-0.3, -0.25) is 9.59 Å². The Morgan fingerprint density at radius 1 is 1.22 bits per heavy atom. The summed E-state index contributed by atoms with van der Waals surface area (Å²) >= 11 is 6.05. The van der Waals surface area contributed by atoms with Gasteiger partial charge < -0.3 is 20.4 Å². The van der Waals surface area contributed by atoms with E-state index < -0.39 is 5.91 Å². The molecule has 0 saturated carbocycles. The second kappa shape index (κ2) is 6.63. The smallest absolute Gasteiger partial charge is 0.268 e. The molecule has 6 nitrogen and oxygen atoms in total. The molecule has 3 aromatic rings. The Bertz CT molecular complexity index is 1070. The molecule has 1 aliphatic rings. The van der Waals surface area contributed by atoms with Gasteiger partial charge in [-0.25, -0.2) is 0 Å². The van der Waals surface area contributed by atoms with Crippen LogP contribution in [0.25, 0.3) is 10.9 Å². The molecule has 27 heavy (non-hydrogen) atoms. The van der Waals surface area contributed by atoms with Gasteiger partial charge in [0.2, 0.25) is 5.91 Å². The quantitative estimate of drug-likeness (QED) is 0.728. The van der Waals surface area contributed by atoms with E-state index in [1.165, 1.54) is 0 Å². The van der Waals surface area contributed by atoms with Gasteiger partial charge in [-0.1, -0.05) is 17.7 Å². The highest BCUT2D eigenvalue weighted by Gasteiger charge is 2.25. The molecular formula is C20H18ClN3O3. The fraction of sp³-hybridized carbons (Fsp3) is 0.200. The third-order valence-corrected chi connectivity index (χ3v) is 5.12. The first kappa shape index (κ1) is 17.4. The van der Waals surface area contributed by atoms with E-state index >= 15 is 0 Å². The monoisotopic (exact) mass is 383 g/mol. The van der Waals surface area contributed by atoms with Crippen LogP contribution in [0.1, 0.15) is 38.9 Å². The number of primary amides is 1. The number of ether oxygens (including phenoxy) is 1. The summed E-state index contributed by atoms with van der Waals surface area (Å²) in [6.07, 6.45) is 0.643. The molecule has 1 aliphatic heterocycles. The number of carbonyl (C=O) groups excluding carboxylic acids is 2. The fourth-order valence-corrected chi connectivity index (χ4v) is 3.64. The molecule has 1 aromatic heterocycles. The van der Waals surface area contributed by atoms with Crippen molar-refractivity contribution >= 4 is 34.3 Å². The van der Waals surface area contributed by atoms with E-state index in [1.807, 2.05) is 29.8 Å². The molecule has 2 aromatic carbocycles. The zero-order valence-corrected chi connectivity index (χ0v) is 15.4. The number of hydrogen-bond donors (Lipinski definition) is 2. The average Bonchev–Trinajstić information content (AvgIpc) is 2.97. The largest absolute Gasteiger partial charge is 0.493 e. The first-order valence-corrected chi connectivity index (χ1v) is 8.94. The number of carbonyl (C=O) groups is 2. The highest BCUT2D eigenvalue weighted by atomic mass is 35.5.